The van der Waals surface area contributed by atoms with Gasteiger partial charge < -0.3 is 10.1 Å². The van der Waals surface area contributed by atoms with Crippen LogP contribution in [0, 0.1) is 0 Å². The lowest BCUT2D eigenvalue weighted by molar-refractivity contribution is -0.114. The Balaban J connectivity index is 2.44. The van der Waals surface area contributed by atoms with Crippen molar-refractivity contribution in [3.05, 3.63) is 53.1 Å². The fourth-order valence-corrected chi connectivity index (χ4v) is 4.13. The van der Waals surface area contributed by atoms with Gasteiger partial charge in [-0.2, -0.15) is 0 Å². The second-order valence-electron chi connectivity index (χ2n) is 5.53. The Labute approximate surface area is 162 Å². The first-order valence-corrected chi connectivity index (χ1v) is 9.80. The second-order valence-corrected chi connectivity index (χ2v) is 7.80. The van der Waals surface area contributed by atoms with Crippen molar-refractivity contribution in [2.45, 2.75) is 18.7 Å². The van der Waals surface area contributed by atoms with E-state index in [0.29, 0.717) is 5.69 Å². The lowest BCUT2D eigenvalue weighted by Gasteiger charge is -2.23. The maximum atomic E-state index is 13.0. The van der Waals surface area contributed by atoms with Crippen LogP contribution in [-0.2, 0) is 19.6 Å². The number of esters is 1. The molecule has 0 radical (unpaired) electrons. The van der Waals surface area contributed by atoms with Gasteiger partial charge in [0.15, 0.2) is 0 Å². The molecule has 0 aliphatic rings. The molecule has 2 aromatic carbocycles. The smallest absolute Gasteiger partial charge is 0.339 e. The van der Waals surface area contributed by atoms with Gasteiger partial charge in [0.05, 0.1) is 28.3 Å². The van der Waals surface area contributed by atoms with Gasteiger partial charge in [0.1, 0.15) is 0 Å². The first kappa shape index (κ1) is 20.7. The van der Waals surface area contributed by atoms with E-state index >= 15 is 0 Å². The van der Waals surface area contributed by atoms with Gasteiger partial charge in [-0.25, -0.2) is 13.2 Å². The summed E-state index contributed by atoms with van der Waals surface area (Å²) in [6.45, 7) is 3.18. The lowest BCUT2D eigenvalue weighted by atomic mass is 10.2. The molecule has 144 valence electrons. The first-order valence-electron chi connectivity index (χ1n) is 7.99. The number of anilines is 2. The van der Waals surface area contributed by atoms with Crippen molar-refractivity contribution in [1.82, 2.24) is 0 Å². The summed E-state index contributed by atoms with van der Waals surface area (Å²) in [5, 5.41) is 2.74. The van der Waals surface area contributed by atoms with Crippen LogP contribution >= 0.6 is 11.6 Å². The number of nitrogens with one attached hydrogen (secondary N) is 1. The SMILES string of the molecule is CCN(c1ccc(Cl)c(C(=O)OC)c1)S(=O)(=O)c1ccc(NC(C)=O)cc1. The number of halogens is 1. The molecule has 27 heavy (non-hydrogen) atoms. The minimum Gasteiger partial charge on any atom is -0.465 e. The van der Waals surface area contributed by atoms with E-state index < -0.39 is 16.0 Å². The standard InChI is InChI=1S/C18H19ClN2O5S/c1-4-21(14-7-10-17(19)16(11-14)18(23)26-3)27(24,25)15-8-5-13(6-9-15)20-12(2)22/h5-11H,4H2,1-3H3,(H,20,22). The average molecular weight is 411 g/mol. The summed E-state index contributed by atoms with van der Waals surface area (Å²) in [7, 11) is -2.67. The highest BCUT2D eigenvalue weighted by Gasteiger charge is 2.25. The van der Waals surface area contributed by atoms with E-state index in [1.165, 1.54) is 56.5 Å². The summed E-state index contributed by atoms with van der Waals surface area (Å²) in [6, 6.07) is 10.2. The number of ether oxygens (including phenoxy) is 1. The number of sulfonamides is 1. The van der Waals surface area contributed by atoms with Gasteiger partial charge in [-0.15, -0.1) is 0 Å². The van der Waals surface area contributed by atoms with Crippen LogP contribution in [0.15, 0.2) is 47.4 Å². The second kappa shape index (κ2) is 8.41. The molecule has 0 atom stereocenters. The minimum atomic E-state index is -3.89. The molecule has 0 aliphatic heterocycles. The Kier molecular flexibility index (Phi) is 6.45. The monoisotopic (exact) mass is 410 g/mol. The van der Waals surface area contributed by atoms with Crippen molar-refractivity contribution < 1.29 is 22.7 Å². The Hall–Kier alpha value is -2.58. The van der Waals surface area contributed by atoms with Crippen LogP contribution in [0.4, 0.5) is 11.4 Å². The number of hydrogen-bond donors (Lipinski definition) is 1. The molecule has 0 bridgehead atoms. The molecule has 0 saturated heterocycles. The predicted octanol–water partition coefficient (Wildman–Crippen LogP) is 3.30. The fraction of sp³-hybridized carbons (Fsp3) is 0.222. The lowest BCUT2D eigenvalue weighted by Crippen LogP contribution is -2.31. The molecule has 2 aromatic rings. The van der Waals surface area contributed by atoms with Gasteiger partial charge >= 0.3 is 5.97 Å². The molecular weight excluding hydrogens is 392 g/mol. The van der Waals surface area contributed by atoms with Gasteiger partial charge in [-0.05, 0) is 49.4 Å². The van der Waals surface area contributed by atoms with E-state index in [0.717, 1.165) is 4.31 Å². The first-order chi connectivity index (χ1) is 12.7. The Morgan fingerprint density at radius 3 is 2.30 bits per heavy atom. The summed E-state index contributed by atoms with van der Waals surface area (Å²) < 4.78 is 31.9. The topological polar surface area (TPSA) is 92.8 Å². The molecule has 0 unspecified atom stereocenters. The molecule has 1 N–H and O–H groups in total. The zero-order chi connectivity index (χ0) is 20.2. The Bertz CT molecular complexity index is 958. The van der Waals surface area contributed by atoms with Crippen LogP contribution in [0.1, 0.15) is 24.2 Å². The number of benzene rings is 2. The number of nitrogens with zero attached hydrogens (tertiary/aromatic N) is 1. The van der Waals surface area contributed by atoms with Crippen molar-refractivity contribution in [3.63, 3.8) is 0 Å². The van der Waals surface area contributed by atoms with Gasteiger partial charge in [0.2, 0.25) is 5.91 Å². The average Bonchev–Trinajstić information content (AvgIpc) is 2.62. The van der Waals surface area contributed by atoms with E-state index in [2.05, 4.69) is 10.1 Å². The van der Waals surface area contributed by atoms with Crippen LogP contribution in [0.25, 0.3) is 0 Å². The largest absolute Gasteiger partial charge is 0.465 e. The van der Waals surface area contributed by atoms with Gasteiger partial charge in [-0.1, -0.05) is 11.6 Å². The van der Waals surface area contributed by atoms with E-state index in [1.54, 1.807) is 6.92 Å². The van der Waals surface area contributed by atoms with Crippen LogP contribution < -0.4 is 9.62 Å². The zero-order valence-electron chi connectivity index (χ0n) is 15.0. The quantitative estimate of drug-likeness (QED) is 0.737. The Morgan fingerprint density at radius 1 is 1.15 bits per heavy atom. The number of carbonyl (C=O) groups is 2. The number of amides is 1. The van der Waals surface area contributed by atoms with Crippen LogP contribution in [0.2, 0.25) is 5.02 Å². The summed E-state index contributed by atoms with van der Waals surface area (Å²) in [5.74, 6) is -0.910. The summed E-state index contributed by atoms with van der Waals surface area (Å²) >= 11 is 6.00. The molecule has 2 rings (SSSR count). The Morgan fingerprint density at radius 2 is 1.78 bits per heavy atom. The van der Waals surface area contributed by atoms with Gasteiger partial charge in [-0.3, -0.25) is 9.10 Å². The maximum Gasteiger partial charge on any atom is 0.339 e. The summed E-state index contributed by atoms with van der Waals surface area (Å²) in [6.07, 6.45) is 0. The molecule has 0 fully saturated rings. The number of methoxy groups -OCH3 is 1. The van der Waals surface area contributed by atoms with Crippen LogP contribution in [0.3, 0.4) is 0 Å². The molecule has 0 aromatic heterocycles. The third-order valence-electron chi connectivity index (χ3n) is 3.69. The predicted molar refractivity (Wildman–Crippen MR) is 104 cm³/mol. The van der Waals surface area contributed by atoms with Crippen molar-refractivity contribution in [1.29, 1.82) is 0 Å². The van der Waals surface area contributed by atoms with Crippen molar-refractivity contribution in [3.8, 4) is 0 Å². The summed E-state index contributed by atoms with van der Waals surface area (Å²) in [4.78, 5) is 23.0. The van der Waals surface area contributed by atoms with Gasteiger partial charge in [0, 0.05) is 19.2 Å². The highest BCUT2D eigenvalue weighted by molar-refractivity contribution is 7.92. The fourth-order valence-electron chi connectivity index (χ4n) is 2.47. The van der Waals surface area contributed by atoms with E-state index in [1.807, 2.05) is 0 Å². The summed E-state index contributed by atoms with van der Waals surface area (Å²) in [5.41, 5.74) is 0.850. The van der Waals surface area contributed by atoms with E-state index in [-0.39, 0.29) is 33.6 Å². The van der Waals surface area contributed by atoms with E-state index in [9.17, 15) is 18.0 Å². The molecule has 7 nitrogen and oxygen atoms in total. The maximum absolute atomic E-state index is 13.0. The highest BCUT2D eigenvalue weighted by Crippen LogP contribution is 2.28. The normalized spacial score (nSPS) is 11.0. The molecule has 1 amide bonds. The minimum absolute atomic E-state index is 0.0491. The molecule has 9 heteroatoms. The third-order valence-corrected chi connectivity index (χ3v) is 5.94. The molecular formula is C18H19ClN2O5S. The number of carbonyl (C=O) groups excluding carboxylic acids is 2. The number of hydrogen-bond acceptors (Lipinski definition) is 5. The van der Waals surface area contributed by atoms with Crippen LogP contribution in [-0.4, -0.2) is 33.9 Å². The van der Waals surface area contributed by atoms with Crippen LogP contribution in [0.5, 0.6) is 0 Å². The van der Waals surface area contributed by atoms with Crippen molar-refractivity contribution >= 4 is 44.9 Å². The third kappa shape index (κ3) is 4.58. The molecule has 0 saturated carbocycles. The zero-order valence-corrected chi connectivity index (χ0v) is 16.6. The van der Waals surface area contributed by atoms with E-state index in [4.69, 9.17) is 11.6 Å². The highest BCUT2D eigenvalue weighted by atomic mass is 35.5. The van der Waals surface area contributed by atoms with Gasteiger partial charge in [0.25, 0.3) is 10.0 Å². The van der Waals surface area contributed by atoms with Crippen molar-refractivity contribution in [2.75, 3.05) is 23.3 Å². The van der Waals surface area contributed by atoms with Crippen molar-refractivity contribution in [2.24, 2.45) is 0 Å². The number of rotatable bonds is 6. The molecule has 0 spiro atoms. The molecule has 0 heterocycles. The molecule has 0 aliphatic carbocycles.